The van der Waals surface area contributed by atoms with Gasteiger partial charge in [-0.2, -0.15) is 0 Å². The minimum absolute atomic E-state index is 0.270. The normalized spacial score (nSPS) is 9.67. The minimum Gasteiger partial charge on any atom is -0.466 e. The van der Waals surface area contributed by atoms with Gasteiger partial charge in [0.25, 0.3) is 0 Å². The fourth-order valence-corrected chi connectivity index (χ4v) is 0.791. The van der Waals surface area contributed by atoms with Crippen LogP contribution in [0.3, 0.4) is 0 Å². The van der Waals surface area contributed by atoms with Crippen LogP contribution in [0.25, 0.3) is 0 Å². The molecule has 50 valence electrons. The zero-order valence-corrected chi connectivity index (χ0v) is 6.86. The first-order chi connectivity index (χ1) is 4.25. The van der Waals surface area contributed by atoms with Gasteiger partial charge in [0.2, 0.25) is 0 Å². The third-order valence-corrected chi connectivity index (χ3v) is 1.94. The van der Waals surface area contributed by atoms with Crippen LogP contribution in [0.15, 0.2) is 9.00 Å². The molecule has 0 atom stereocenters. The highest BCUT2D eigenvalue weighted by molar-refractivity contribution is 9.10. The van der Waals surface area contributed by atoms with Crippen LogP contribution in [0.4, 0.5) is 0 Å². The lowest BCUT2D eigenvalue weighted by molar-refractivity contribution is 0.259. The Bertz CT molecular complexity index is 212. The molecule has 1 aromatic heterocycles. The van der Waals surface area contributed by atoms with Crippen LogP contribution in [-0.2, 0) is 0 Å². The first kappa shape index (κ1) is 6.89. The fraction of sp³-hybridized carbons (Fsp3) is 0.250. The second kappa shape index (κ2) is 2.58. The Morgan fingerprint density at radius 3 is 2.67 bits per heavy atom. The van der Waals surface area contributed by atoms with E-state index in [1.54, 1.807) is 0 Å². The average Bonchev–Trinajstić information content (AvgIpc) is 2.15. The van der Waals surface area contributed by atoms with Gasteiger partial charge in [-0.15, -0.1) is 0 Å². The third-order valence-electron chi connectivity index (χ3n) is 0.754. The molecule has 0 aliphatic carbocycles. The number of methoxy groups -OCH3 is 1. The van der Waals surface area contributed by atoms with E-state index in [1.807, 2.05) is 0 Å². The molecule has 0 unspecified atom stereocenters. The SMILES string of the molecule is COc1onc(Cl)c1Br. The van der Waals surface area contributed by atoms with E-state index in [0.717, 1.165) is 0 Å². The van der Waals surface area contributed by atoms with Crippen molar-refractivity contribution in [3.05, 3.63) is 9.63 Å². The van der Waals surface area contributed by atoms with E-state index in [0.29, 0.717) is 10.4 Å². The van der Waals surface area contributed by atoms with Gasteiger partial charge in [0.05, 0.1) is 7.11 Å². The Balaban J connectivity index is 3.04. The number of hydrogen-bond donors (Lipinski definition) is 0. The lowest BCUT2D eigenvalue weighted by atomic mass is 10.7. The Hall–Kier alpha value is -0.220. The van der Waals surface area contributed by atoms with Crippen molar-refractivity contribution in [3.63, 3.8) is 0 Å². The van der Waals surface area contributed by atoms with Crippen LogP contribution >= 0.6 is 27.5 Å². The highest BCUT2D eigenvalue weighted by Crippen LogP contribution is 2.30. The Morgan fingerprint density at radius 2 is 2.44 bits per heavy atom. The summed E-state index contributed by atoms with van der Waals surface area (Å²) in [5.41, 5.74) is 0. The van der Waals surface area contributed by atoms with Gasteiger partial charge in [-0.1, -0.05) is 16.8 Å². The van der Waals surface area contributed by atoms with Crippen molar-refractivity contribution in [2.75, 3.05) is 7.11 Å². The van der Waals surface area contributed by atoms with Gasteiger partial charge in [-0.3, -0.25) is 0 Å². The molecule has 0 fully saturated rings. The van der Waals surface area contributed by atoms with E-state index < -0.39 is 0 Å². The molecule has 0 saturated heterocycles. The Labute approximate surface area is 65.0 Å². The molecule has 1 aromatic rings. The van der Waals surface area contributed by atoms with Gasteiger partial charge in [-0.25, -0.2) is 0 Å². The molecule has 0 aliphatic heterocycles. The summed E-state index contributed by atoms with van der Waals surface area (Å²) in [6.45, 7) is 0. The van der Waals surface area contributed by atoms with Gasteiger partial charge in [0.1, 0.15) is 4.47 Å². The maximum atomic E-state index is 5.48. The standard InChI is InChI=1S/C4H3BrClNO2/c1-8-4-2(5)3(6)7-9-4/h1H3. The molecule has 1 rings (SSSR count). The lowest BCUT2D eigenvalue weighted by Crippen LogP contribution is -1.77. The molecule has 5 heteroatoms. The first-order valence-electron chi connectivity index (χ1n) is 2.10. The number of ether oxygens (including phenoxy) is 1. The number of hydrogen-bond acceptors (Lipinski definition) is 3. The van der Waals surface area contributed by atoms with Gasteiger partial charge in [0, 0.05) is 0 Å². The zero-order valence-electron chi connectivity index (χ0n) is 4.52. The molecule has 0 N–H and O–H groups in total. The van der Waals surface area contributed by atoms with Crippen LogP contribution in [-0.4, -0.2) is 12.3 Å². The maximum Gasteiger partial charge on any atom is 0.327 e. The molecule has 9 heavy (non-hydrogen) atoms. The average molecular weight is 212 g/mol. The molecular formula is C4H3BrClNO2. The molecule has 0 aromatic carbocycles. The summed E-state index contributed by atoms with van der Waals surface area (Å²) >= 11 is 8.57. The topological polar surface area (TPSA) is 35.3 Å². The van der Waals surface area contributed by atoms with Crippen molar-refractivity contribution < 1.29 is 9.26 Å². The number of nitrogens with zero attached hydrogens (tertiary/aromatic N) is 1. The minimum atomic E-state index is 0.270. The first-order valence-corrected chi connectivity index (χ1v) is 3.27. The molecule has 0 amide bonds. The summed E-state index contributed by atoms with van der Waals surface area (Å²) < 4.78 is 9.85. The maximum absolute atomic E-state index is 5.48. The lowest BCUT2D eigenvalue weighted by Gasteiger charge is -1.87. The molecule has 0 saturated carbocycles. The fourth-order valence-electron chi connectivity index (χ4n) is 0.373. The summed E-state index contributed by atoms with van der Waals surface area (Å²) in [7, 11) is 1.47. The summed E-state index contributed by atoms with van der Waals surface area (Å²) in [4.78, 5) is 0. The molecule has 3 nitrogen and oxygen atoms in total. The smallest absolute Gasteiger partial charge is 0.327 e. The van der Waals surface area contributed by atoms with Crippen LogP contribution in [0.5, 0.6) is 5.95 Å². The Morgan fingerprint density at radius 1 is 1.78 bits per heavy atom. The monoisotopic (exact) mass is 211 g/mol. The van der Waals surface area contributed by atoms with Crippen LogP contribution in [0.2, 0.25) is 5.15 Å². The highest BCUT2D eigenvalue weighted by Gasteiger charge is 2.10. The largest absolute Gasteiger partial charge is 0.466 e. The third kappa shape index (κ3) is 1.19. The van der Waals surface area contributed by atoms with E-state index in [9.17, 15) is 0 Å². The summed E-state index contributed by atoms with van der Waals surface area (Å²) in [6.07, 6.45) is 0. The van der Waals surface area contributed by atoms with Crippen molar-refractivity contribution >= 4 is 27.5 Å². The predicted octanol–water partition coefficient (Wildman–Crippen LogP) is 2.10. The molecular weight excluding hydrogens is 209 g/mol. The zero-order chi connectivity index (χ0) is 6.85. The van der Waals surface area contributed by atoms with E-state index in [2.05, 4.69) is 25.6 Å². The van der Waals surface area contributed by atoms with Gasteiger partial charge < -0.3 is 9.26 Å². The van der Waals surface area contributed by atoms with Gasteiger partial charge in [0.15, 0.2) is 5.15 Å². The van der Waals surface area contributed by atoms with Crippen LogP contribution in [0.1, 0.15) is 0 Å². The van der Waals surface area contributed by atoms with Gasteiger partial charge in [-0.05, 0) is 15.9 Å². The van der Waals surface area contributed by atoms with Gasteiger partial charge >= 0.3 is 5.95 Å². The number of halogens is 2. The molecule has 0 radical (unpaired) electrons. The molecule has 0 spiro atoms. The Kier molecular flexibility index (Phi) is 1.97. The second-order valence-corrected chi connectivity index (χ2v) is 2.43. The quantitative estimate of drug-likeness (QED) is 0.715. The van der Waals surface area contributed by atoms with E-state index >= 15 is 0 Å². The highest BCUT2D eigenvalue weighted by atomic mass is 79.9. The summed E-state index contributed by atoms with van der Waals surface area (Å²) in [5.74, 6) is 0.292. The molecule has 1 heterocycles. The predicted molar refractivity (Wildman–Crippen MR) is 35.8 cm³/mol. The second-order valence-electron chi connectivity index (χ2n) is 1.28. The van der Waals surface area contributed by atoms with Crippen LogP contribution < -0.4 is 4.74 Å². The van der Waals surface area contributed by atoms with E-state index in [-0.39, 0.29) is 5.15 Å². The summed E-state index contributed by atoms with van der Waals surface area (Å²) in [5, 5.41) is 3.68. The number of aromatic nitrogens is 1. The van der Waals surface area contributed by atoms with Crippen molar-refractivity contribution in [1.82, 2.24) is 5.16 Å². The van der Waals surface area contributed by atoms with E-state index in [1.165, 1.54) is 7.11 Å². The van der Waals surface area contributed by atoms with Crippen molar-refractivity contribution in [3.8, 4) is 5.95 Å². The van der Waals surface area contributed by atoms with E-state index in [4.69, 9.17) is 16.3 Å². The van der Waals surface area contributed by atoms with Crippen molar-refractivity contribution in [1.29, 1.82) is 0 Å². The number of rotatable bonds is 1. The molecule has 0 bridgehead atoms. The molecule has 0 aliphatic rings. The summed E-state index contributed by atoms with van der Waals surface area (Å²) in [6, 6.07) is 0. The van der Waals surface area contributed by atoms with Crippen molar-refractivity contribution in [2.24, 2.45) is 0 Å². The van der Waals surface area contributed by atoms with Crippen molar-refractivity contribution in [2.45, 2.75) is 0 Å². The van der Waals surface area contributed by atoms with Crippen LogP contribution in [0, 0.1) is 0 Å².